The molecule has 0 spiro atoms. The van der Waals surface area contributed by atoms with Crippen LogP contribution in [0.4, 0.5) is 5.69 Å². The lowest BCUT2D eigenvalue weighted by Crippen LogP contribution is -2.39. The summed E-state index contributed by atoms with van der Waals surface area (Å²) >= 11 is 0. The number of rotatable bonds is 3. The van der Waals surface area contributed by atoms with E-state index in [1.54, 1.807) is 12.1 Å². The third-order valence-corrected chi connectivity index (χ3v) is 4.45. The van der Waals surface area contributed by atoms with Crippen LogP contribution in [-0.4, -0.2) is 26.4 Å². The van der Waals surface area contributed by atoms with Crippen molar-refractivity contribution in [1.29, 1.82) is 0 Å². The molecule has 0 aromatic heterocycles. The molecule has 2 aromatic rings. The minimum atomic E-state index is -3.85. The van der Waals surface area contributed by atoms with E-state index in [9.17, 15) is 8.42 Å². The number of hydrogen-bond acceptors (Lipinski definition) is 3. The van der Waals surface area contributed by atoms with Gasteiger partial charge >= 0.3 is 0 Å². The van der Waals surface area contributed by atoms with Crippen molar-refractivity contribution in [3.8, 4) is 0 Å². The molecule has 6 nitrogen and oxygen atoms in total. The summed E-state index contributed by atoms with van der Waals surface area (Å²) in [5.41, 5.74) is 2.77. The molecule has 0 unspecified atom stereocenters. The summed E-state index contributed by atoms with van der Waals surface area (Å²) in [6, 6.07) is 14.0. The second kappa shape index (κ2) is 6.80. The zero-order chi connectivity index (χ0) is 17.0. The van der Waals surface area contributed by atoms with Gasteiger partial charge in [0, 0.05) is 12.7 Å². The summed E-state index contributed by atoms with van der Waals surface area (Å²) in [6.45, 7) is 3.85. The molecule has 0 aliphatic heterocycles. The Morgan fingerprint density at radius 2 is 1.48 bits per heavy atom. The number of sulfonamides is 1. The van der Waals surface area contributed by atoms with Gasteiger partial charge in [-0.15, -0.1) is 4.40 Å². The molecule has 0 radical (unpaired) electrons. The fraction of sp³-hybridized carbons (Fsp3) is 0.188. The van der Waals surface area contributed by atoms with Crippen molar-refractivity contribution < 1.29 is 8.42 Å². The van der Waals surface area contributed by atoms with Crippen LogP contribution in [0.1, 0.15) is 11.1 Å². The highest BCUT2D eigenvalue weighted by Crippen LogP contribution is 2.15. The molecule has 2 rings (SSSR count). The molecule has 0 bridgehead atoms. The Morgan fingerprint density at radius 1 is 1.00 bits per heavy atom. The normalized spacial score (nSPS) is 12.1. The van der Waals surface area contributed by atoms with E-state index in [4.69, 9.17) is 5.84 Å². The largest absolute Gasteiger partial charge is 0.324 e. The molecule has 0 aliphatic rings. The Kier molecular flexibility index (Phi) is 5.02. The average Bonchev–Trinajstić information content (AvgIpc) is 2.49. The second-order valence-electron chi connectivity index (χ2n) is 5.30. The molecule has 0 fully saturated rings. The Balaban J connectivity index is 2.34. The van der Waals surface area contributed by atoms with Crippen LogP contribution in [0.5, 0.6) is 0 Å². The fourth-order valence-electron chi connectivity index (χ4n) is 1.82. The molecule has 0 heterocycles. The lowest BCUT2D eigenvalue weighted by atomic mass is 10.2. The third kappa shape index (κ3) is 4.54. The molecular formula is C16H20N4O2S. The maximum Gasteiger partial charge on any atom is 0.285 e. The predicted octanol–water partition coefficient (Wildman–Crippen LogP) is 2.27. The highest BCUT2D eigenvalue weighted by molar-refractivity contribution is 7.90. The Labute approximate surface area is 136 Å². The number of benzene rings is 2. The molecule has 0 aliphatic carbocycles. The summed E-state index contributed by atoms with van der Waals surface area (Å²) in [4.78, 5) is 0.119. The monoisotopic (exact) mass is 332 g/mol. The van der Waals surface area contributed by atoms with Crippen molar-refractivity contribution in [2.45, 2.75) is 18.7 Å². The maximum absolute atomic E-state index is 12.4. The van der Waals surface area contributed by atoms with Crippen LogP contribution in [-0.2, 0) is 10.0 Å². The van der Waals surface area contributed by atoms with Crippen molar-refractivity contribution >= 4 is 21.7 Å². The van der Waals surface area contributed by atoms with E-state index in [0.717, 1.165) is 16.1 Å². The number of nitrogens with zero attached hydrogens (tertiary/aromatic N) is 2. The van der Waals surface area contributed by atoms with E-state index in [-0.39, 0.29) is 10.9 Å². The van der Waals surface area contributed by atoms with E-state index >= 15 is 0 Å². The van der Waals surface area contributed by atoms with Crippen LogP contribution in [0.25, 0.3) is 0 Å². The smallest absolute Gasteiger partial charge is 0.285 e. The van der Waals surface area contributed by atoms with Crippen molar-refractivity contribution in [2.75, 3.05) is 12.4 Å². The molecule has 2 aromatic carbocycles. The van der Waals surface area contributed by atoms with Gasteiger partial charge in [-0.3, -0.25) is 5.01 Å². The number of anilines is 1. The van der Waals surface area contributed by atoms with Gasteiger partial charge in [0.25, 0.3) is 10.0 Å². The number of guanidine groups is 1. The maximum atomic E-state index is 12.4. The number of nitrogens with one attached hydrogen (secondary N) is 1. The van der Waals surface area contributed by atoms with Gasteiger partial charge in [0.1, 0.15) is 0 Å². The number of aryl methyl sites for hydroxylation is 2. The zero-order valence-corrected chi connectivity index (χ0v) is 14.1. The van der Waals surface area contributed by atoms with E-state index in [1.165, 1.54) is 19.2 Å². The topological polar surface area (TPSA) is 87.8 Å². The third-order valence-electron chi connectivity index (χ3n) is 3.17. The van der Waals surface area contributed by atoms with Gasteiger partial charge in [0.05, 0.1) is 4.90 Å². The van der Waals surface area contributed by atoms with Crippen molar-refractivity contribution in [2.24, 2.45) is 10.2 Å². The predicted molar refractivity (Wildman–Crippen MR) is 92.6 cm³/mol. The molecule has 23 heavy (non-hydrogen) atoms. The average molecular weight is 332 g/mol. The van der Waals surface area contributed by atoms with E-state index < -0.39 is 10.0 Å². The molecule has 122 valence electrons. The summed E-state index contributed by atoms with van der Waals surface area (Å²) in [5, 5.41) is 4.05. The summed E-state index contributed by atoms with van der Waals surface area (Å²) in [6.07, 6.45) is 0. The van der Waals surface area contributed by atoms with Crippen LogP contribution in [0.15, 0.2) is 57.8 Å². The summed E-state index contributed by atoms with van der Waals surface area (Å²) < 4.78 is 28.6. The van der Waals surface area contributed by atoms with E-state index in [1.807, 2.05) is 38.1 Å². The van der Waals surface area contributed by atoms with Crippen molar-refractivity contribution in [3.63, 3.8) is 0 Å². The highest BCUT2D eigenvalue weighted by Gasteiger charge is 2.16. The quantitative estimate of drug-likeness (QED) is 0.390. The van der Waals surface area contributed by atoms with Crippen LogP contribution in [0.2, 0.25) is 0 Å². The second-order valence-corrected chi connectivity index (χ2v) is 6.91. The molecule has 0 saturated heterocycles. The fourth-order valence-corrected chi connectivity index (χ4v) is 2.81. The van der Waals surface area contributed by atoms with Crippen LogP contribution in [0, 0.1) is 13.8 Å². The molecule has 0 amide bonds. The Hall–Kier alpha value is -2.38. The van der Waals surface area contributed by atoms with Gasteiger partial charge < -0.3 is 5.32 Å². The van der Waals surface area contributed by atoms with Crippen molar-refractivity contribution in [3.05, 3.63) is 59.7 Å². The first-order valence-electron chi connectivity index (χ1n) is 7.02. The lowest BCUT2D eigenvalue weighted by molar-refractivity contribution is 0.536. The first-order valence-corrected chi connectivity index (χ1v) is 8.46. The standard InChI is InChI=1S/C16H20N4O2S/c1-12-4-8-14(9-5-12)18-16(20(3)17)19-23(21,22)15-10-6-13(2)7-11-15/h4-11H,17H2,1-3H3,(H,18,19). The first kappa shape index (κ1) is 17.0. The number of hydrazine groups is 1. The van der Waals surface area contributed by atoms with Gasteiger partial charge in [-0.1, -0.05) is 35.4 Å². The van der Waals surface area contributed by atoms with Crippen LogP contribution >= 0.6 is 0 Å². The van der Waals surface area contributed by atoms with Gasteiger partial charge in [-0.2, -0.15) is 8.42 Å². The Bertz CT molecular complexity index is 795. The van der Waals surface area contributed by atoms with Crippen LogP contribution in [0.3, 0.4) is 0 Å². The minimum absolute atomic E-state index is 0.0365. The van der Waals surface area contributed by atoms with Gasteiger partial charge in [-0.05, 0) is 38.1 Å². The number of nitrogens with two attached hydrogens (primary N) is 1. The minimum Gasteiger partial charge on any atom is -0.324 e. The van der Waals surface area contributed by atoms with Gasteiger partial charge in [0.2, 0.25) is 5.96 Å². The molecule has 0 atom stereocenters. The van der Waals surface area contributed by atoms with E-state index in [2.05, 4.69) is 9.71 Å². The first-order chi connectivity index (χ1) is 10.8. The van der Waals surface area contributed by atoms with Gasteiger partial charge in [-0.25, -0.2) is 5.84 Å². The molecule has 3 N–H and O–H groups in total. The SMILES string of the molecule is Cc1ccc(NC(=NS(=O)(=O)c2ccc(C)cc2)N(C)N)cc1. The lowest BCUT2D eigenvalue weighted by Gasteiger charge is -2.17. The molecule has 7 heteroatoms. The highest BCUT2D eigenvalue weighted by atomic mass is 32.2. The van der Waals surface area contributed by atoms with E-state index in [0.29, 0.717) is 5.69 Å². The summed E-state index contributed by atoms with van der Waals surface area (Å²) in [5.74, 6) is 5.74. The van der Waals surface area contributed by atoms with Gasteiger partial charge in [0.15, 0.2) is 0 Å². The summed E-state index contributed by atoms with van der Waals surface area (Å²) in [7, 11) is -2.33. The molecule has 0 saturated carbocycles. The molecular weight excluding hydrogens is 312 g/mol. The van der Waals surface area contributed by atoms with Crippen molar-refractivity contribution in [1.82, 2.24) is 5.01 Å². The zero-order valence-electron chi connectivity index (χ0n) is 13.3. The van der Waals surface area contributed by atoms with Crippen LogP contribution < -0.4 is 11.2 Å². The number of hydrogen-bond donors (Lipinski definition) is 2. The Morgan fingerprint density at radius 3 is 1.96 bits per heavy atom.